The molecule has 0 bridgehead atoms. The van der Waals surface area contributed by atoms with Gasteiger partial charge in [0.05, 0.1) is 6.54 Å². The number of piperazine rings is 1. The molecule has 0 spiro atoms. The minimum absolute atomic E-state index is 0.577. The highest BCUT2D eigenvalue weighted by atomic mass is 16.3. The van der Waals surface area contributed by atoms with Crippen molar-refractivity contribution in [2.24, 2.45) is 0 Å². The summed E-state index contributed by atoms with van der Waals surface area (Å²) >= 11 is 0. The second-order valence-electron chi connectivity index (χ2n) is 5.58. The first-order valence-corrected chi connectivity index (χ1v) is 7.62. The van der Waals surface area contributed by atoms with E-state index in [0.29, 0.717) is 12.1 Å². The Morgan fingerprint density at radius 2 is 2.15 bits per heavy atom. The van der Waals surface area contributed by atoms with Crippen LogP contribution in [0.4, 0.5) is 0 Å². The summed E-state index contributed by atoms with van der Waals surface area (Å²) in [7, 11) is 0. The maximum Gasteiger partial charge on any atom is 0.209 e. The molecule has 2 heterocycles. The zero-order valence-corrected chi connectivity index (χ0v) is 12.3. The Kier molecular flexibility index (Phi) is 4.03. The number of nitrogens with zero attached hydrogens (tertiary/aromatic N) is 2. The molecule has 20 heavy (non-hydrogen) atoms. The van der Waals surface area contributed by atoms with Crippen molar-refractivity contribution in [1.82, 2.24) is 15.2 Å². The molecule has 4 heteroatoms. The van der Waals surface area contributed by atoms with Crippen LogP contribution >= 0.6 is 0 Å². The predicted molar refractivity (Wildman–Crippen MR) is 80.6 cm³/mol. The van der Waals surface area contributed by atoms with Crippen molar-refractivity contribution < 1.29 is 4.42 Å². The third kappa shape index (κ3) is 2.72. The fourth-order valence-electron chi connectivity index (χ4n) is 2.96. The molecule has 1 aliphatic heterocycles. The molecular weight excluding hydrogens is 250 g/mol. The van der Waals surface area contributed by atoms with E-state index in [1.54, 1.807) is 0 Å². The first-order valence-electron chi connectivity index (χ1n) is 7.62. The van der Waals surface area contributed by atoms with Crippen molar-refractivity contribution in [3.8, 4) is 0 Å². The van der Waals surface area contributed by atoms with Crippen LogP contribution in [0.3, 0.4) is 0 Å². The van der Waals surface area contributed by atoms with Crippen molar-refractivity contribution in [3.63, 3.8) is 0 Å². The van der Waals surface area contributed by atoms with Gasteiger partial charge in [-0.3, -0.25) is 4.90 Å². The Hall–Kier alpha value is -1.39. The second-order valence-corrected chi connectivity index (χ2v) is 5.58. The normalized spacial score (nSPS) is 24.3. The van der Waals surface area contributed by atoms with Crippen LogP contribution in [0.2, 0.25) is 0 Å². The van der Waals surface area contributed by atoms with Gasteiger partial charge in [-0.05, 0) is 25.0 Å². The highest BCUT2D eigenvalue weighted by Crippen LogP contribution is 2.19. The van der Waals surface area contributed by atoms with Gasteiger partial charge < -0.3 is 9.73 Å². The lowest BCUT2D eigenvalue weighted by Crippen LogP contribution is -2.55. The SMILES string of the molecule is CCC1CN(Cc2nc3ccccc3o2)C(CC)CN1. The smallest absolute Gasteiger partial charge is 0.209 e. The van der Waals surface area contributed by atoms with E-state index in [0.717, 1.165) is 43.0 Å². The molecule has 1 saturated heterocycles. The van der Waals surface area contributed by atoms with Gasteiger partial charge in [0, 0.05) is 25.2 Å². The topological polar surface area (TPSA) is 41.3 Å². The van der Waals surface area contributed by atoms with E-state index in [9.17, 15) is 0 Å². The quantitative estimate of drug-likeness (QED) is 0.930. The number of hydrogen-bond donors (Lipinski definition) is 1. The average Bonchev–Trinajstić information content (AvgIpc) is 2.89. The van der Waals surface area contributed by atoms with Crippen molar-refractivity contribution >= 4 is 11.1 Å². The van der Waals surface area contributed by atoms with Gasteiger partial charge in [-0.1, -0.05) is 26.0 Å². The molecular formula is C16H23N3O. The van der Waals surface area contributed by atoms with Crippen molar-refractivity contribution in [1.29, 1.82) is 0 Å². The molecule has 0 amide bonds. The summed E-state index contributed by atoms with van der Waals surface area (Å²) in [4.78, 5) is 7.11. The Labute approximate surface area is 120 Å². The van der Waals surface area contributed by atoms with Gasteiger partial charge in [0.25, 0.3) is 0 Å². The monoisotopic (exact) mass is 273 g/mol. The molecule has 108 valence electrons. The molecule has 2 aromatic rings. The molecule has 4 nitrogen and oxygen atoms in total. The van der Waals surface area contributed by atoms with Gasteiger partial charge in [-0.15, -0.1) is 0 Å². The molecule has 1 fully saturated rings. The molecule has 3 rings (SSSR count). The fraction of sp³-hybridized carbons (Fsp3) is 0.562. The van der Waals surface area contributed by atoms with Crippen LogP contribution in [0.5, 0.6) is 0 Å². The Morgan fingerprint density at radius 1 is 1.30 bits per heavy atom. The van der Waals surface area contributed by atoms with Crippen LogP contribution in [0.15, 0.2) is 28.7 Å². The molecule has 2 unspecified atom stereocenters. The molecule has 0 aliphatic carbocycles. The lowest BCUT2D eigenvalue weighted by molar-refractivity contribution is 0.108. The number of hydrogen-bond acceptors (Lipinski definition) is 4. The van der Waals surface area contributed by atoms with Gasteiger partial charge in [0.1, 0.15) is 5.52 Å². The average molecular weight is 273 g/mol. The molecule has 1 N–H and O–H groups in total. The number of aromatic nitrogens is 1. The summed E-state index contributed by atoms with van der Waals surface area (Å²) < 4.78 is 5.86. The summed E-state index contributed by atoms with van der Waals surface area (Å²) in [6, 6.07) is 9.14. The number of oxazole rings is 1. The number of benzene rings is 1. The number of rotatable bonds is 4. The molecule has 1 aliphatic rings. The standard InChI is InChI=1S/C16H23N3O/c1-3-12-10-19(13(4-2)9-17-12)11-16-18-14-7-5-6-8-15(14)20-16/h5-8,12-13,17H,3-4,9-11H2,1-2H3. The van der Waals surface area contributed by atoms with Crippen molar-refractivity contribution in [2.75, 3.05) is 13.1 Å². The molecule has 1 aromatic carbocycles. The lowest BCUT2D eigenvalue weighted by atomic mass is 10.1. The summed E-state index contributed by atoms with van der Waals surface area (Å²) in [5.74, 6) is 0.835. The highest BCUT2D eigenvalue weighted by molar-refractivity contribution is 5.72. The third-order valence-electron chi connectivity index (χ3n) is 4.25. The molecule has 0 saturated carbocycles. The van der Waals surface area contributed by atoms with Gasteiger partial charge in [-0.25, -0.2) is 4.98 Å². The minimum atomic E-state index is 0.577. The summed E-state index contributed by atoms with van der Waals surface area (Å²) in [5.41, 5.74) is 1.84. The summed E-state index contributed by atoms with van der Waals surface area (Å²) in [6.07, 6.45) is 2.32. The van der Waals surface area contributed by atoms with E-state index >= 15 is 0 Å². The van der Waals surface area contributed by atoms with Gasteiger partial charge in [0.15, 0.2) is 5.58 Å². The highest BCUT2D eigenvalue weighted by Gasteiger charge is 2.26. The first kappa shape index (κ1) is 13.6. The molecule has 1 aromatic heterocycles. The Morgan fingerprint density at radius 3 is 2.90 bits per heavy atom. The Balaban J connectivity index is 1.76. The number of para-hydroxylation sites is 2. The molecule has 0 radical (unpaired) electrons. The molecule has 2 atom stereocenters. The maximum absolute atomic E-state index is 5.86. The van der Waals surface area contributed by atoms with E-state index in [2.05, 4.69) is 29.0 Å². The van der Waals surface area contributed by atoms with E-state index in [-0.39, 0.29) is 0 Å². The zero-order valence-electron chi connectivity index (χ0n) is 12.3. The lowest BCUT2D eigenvalue weighted by Gasteiger charge is -2.39. The van der Waals surface area contributed by atoms with E-state index in [4.69, 9.17) is 4.42 Å². The third-order valence-corrected chi connectivity index (χ3v) is 4.25. The maximum atomic E-state index is 5.86. The first-order chi connectivity index (χ1) is 9.80. The van der Waals surface area contributed by atoms with Crippen LogP contribution in [-0.4, -0.2) is 35.1 Å². The zero-order chi connectivity index (χ0) is 13.9. The van der Waals surface area contributed by atoms with Gasteiger partial charge in [0.2, 0.25) is 5.89 Å². The van der Waals surface area contributed by atoms with E-state index in [1.807, 2.05) is 24.3 Å². The van der Waals surface area contributed by atoms with Crippen molar-refractivity contribution in [3.05, 3.63) is 30.2 Å². The van der Waals surface area contributed by atoms with Crippen LogP contribution in [0, 0.1) is 0 Å². The number of fused-ring (bicyclic) bond motifs is 1. The largest absolute Gasteiger partial charge is 0.439 e. The minimum Gasteiger partial charge on any atom is -0.439 e. The summed E-state index contributed by atoms with van der Waals surface area (Å²) in [5, 5.41) is 3.62. The van der Waals surface area contributed by atoms with E-state index < -0.39 is 0 Å². The summed E-state index contributed by atoms with van der Waals surface area (Å²) in [6.45, 7) is 7.44. The number of nitrogens with one attached hydrogen (secondary N) is 1. The predicted octanol–water partition coefficient (Wildman–Crippen LogP) is 2.79. The fourth-order valence-corrected chi connectivity index (χ4v) is 2.96. The van der Waals surface area contributed by atoms with Crippen LogP contribution in [0.1, 0.15) is 32.6 Å². The Bertz CT molecular complexity index is 533. The van der Waals surface area contributed by atoms with Gasteiger partial charge in [-0.2, -0.15) is 0 Å². The van der Waals surface area contributed by atoms with Crippen LogP contribution in [0.25, 0.3) is 11.1 Å². The van der Waals surface area contributed by atoms with Crippen molar-refractivity contribution in [2.45, 2.75) is 45.3 Å². The van der Waals surface area contributed by atoms with Crippen LogP contribution < -0.4 is 5.32 Å². The van der Waals surface area contributed by atoms with Crippen LogP contribution in [-0.2, 0) is 6.54 Å². The van der Waals surface area contributed by atoms with E-state index in [1.165, 1.54) is 6.42 Å². The van der Waals surface area contributed by atoms with Gasteiger partial charge >= 0.3 is 0 Å². The second kappa shape index (κ2) is 5.94.